The Hall–Kier alpha value is -3.23. The first-order valence-corrected chi connectivity index (χ1v) is 10.0. The molecular weight excluding hydrogens is 406 g/mol. The van der Waals surface area contributed by atoms with Gasteiger partial charge in [-0.3, -0.25) is 4.99 Å². The first-order valence-electron chi connectivity index (χ1n) is 10.0. The lowest BCUT2D eigenvalue weighted by molar-refractivity contribution is -0.0512. The van der Waals surface area contributed by atoms with Crippen molar-refractivity contribution in [3.8, 4) is 17.2 Å². The van der Waals surface area contributed by atoms with E-state index in [1.165, 1.54) is 7.11 Å². The second-order valence-electron chi connectivity index (χ2n) is 6.91. The molecule has 0 spiro atoms. The quantitative estimate of drug-likeness (QED) is 0.534. The molecule has 0 bridgehead atoms. The zero-order valence-electron chi connectivity index (χ0n) is 18.0. The molecule has 168 valence electrons. The molecule has 1 heterocycles. The Kier molecular flexibility index (Phi) is 7.75. The predicted octanol–water partition coefficient (Wildman–Crippen LogP) is 3.20. The maximum absolute atomic E-state index is 12.7. The number of rotatable bonds is 7. The van der Waals surface area contributed by atoms with E-state index in [1.54, 1.807) is 32.4 Å². The molecule has 0 saturated carbocycles. The van der Waals surface area contributed by atoms with Gasteiger partial charge >= 0.3 is 6.61 Å². The molecule has 0 aromatic heterocycles. The summed E-state index contributed by atoms with van der Waals surface area (Å²) in [5, 5.41) is 3.30. The number of benzene rings is 2. The fraction of sp³-hybridized carbons (Fsp3) is 0.409. The molecule has 3 rings (SSSR count). The van der Waals surface area contributed by atoms with Gasteiger partial charge in [-0.1, -0.05) is 18.2 Å². The molecule has 0 unspecified atom stereocenters. The molecule has 0 atom stereocenters. The van der Waals surface area contributed by atoms with Crippen LogP contribution >= 0.6 is 0 Å². The minimum absolute atomic E-state index is 0.0113. The lowest BCUT2D eigenvalue weighted by Crippen LogP contribution is -2.52. The molecule has 0 amide bonds. The largest absolute Gasteiger partial charge is 0.495 e. The Bertz CT molecular complexity index is 887. The van der Waals surface area contributed by atoms with E-state index in [0.717, 1.165) is 49.1 Å². The number of ether oxygens (including phenoxy) is 3. The summed E-state index contributed by atoms with van der Waals surface area (Å²) < 4.78 is 40.4. The van der Waals surface area contributed by atoms with Gasteiger partial charge in [0.15, 0.2) is 17.5 Å². The molecule has 0 radical (unpaired) electrons. The number of piperazine rings is 1. The number of anilines is 1. The number of methoxy groups -OCH3 is 2. The number of nitrogens with zero attached hydrogens (tertiary/aromatic N) is 3. The monoisotopic (exact) mass is 434 g/mol. The van der Waals surface area contributed by atoms with Crippen LogP contribution in [0.25, 0.3) is 0 Å². The van der Waals surface area contributed by atoms with Crippen LogP contribution in [0.5, 0.6) is 17.2 Å². The van der Waals surface area contributed by atoms with Crippen molar-refractivity contribution < 1.29 is 23.0 Å². The van der Waals surface area contributed by atoms with Crippen molar-refractivity contribution in [2.75, 3.05) is 52.3 Å². The number of alkyl halides is 2. The third kappa shape index (κ3) is 5.68. The van der Waals surface area contributed by atoms with Gasteiger partial charge in [0.25, 0.3) is 0 Å². The maximum Gasteiger partial charge on any atom is 0.387 e. The van der Waals surface area contributed by atoms with E-state index >= 15 is 0 Å². The van der Waals surface area contributed by atoms with E-state index in [0.29, 0.717) is 6.54 Å². The SMILES string of the molecule is CN=C(NCc1ccc(OC)c(OC(F)F)c1)N1CCN(c2ccccc2OC)CC1. The van der Waals surface area contributed by atoms with Gasteiger partial charge in [-0.25, -0.2) is 0 Å². The Morgan fingerprint density at radius 2 is 1.71 bits per heavy atom. The van der Waals surface area contributed by atoms with E-state index in [-0.39, 0.29) is 11.5 Å². The summed E-state index contributed by atoms with van der Waals surface area (Å²) in [5.41, 5.74) is 1.86. The van der Waals surface area contributed by atoms with E-state index in [2.05, 4.69) is 30.9 Å². The first-order chi connectivity index (χ1) is 15.0. The van der Waals surface area contributed by atoms with Crippen molar-refractivity contribution in [2.45, 2.75) is 13.2 Å². The molecule has 2 aromatic rings. The molecule has 2 aromatic carbocycles. The summed E-state index contributed by atoms with van der Waals surface area (Å²) >= 11 is 0. The molecule has 0 aliphatic carbocycles. The zero-order chi connectivity index (χ0) is 22.2. The summed E-state index contributed by atoms with van der Waals surface area (Å²) in [7, 11) is 4.82. The molecule has 1 saturated heterocycles. The van der Waals surface area contributed by atoms with E-state index < -0.39 is 6.61 Å². The first kappa shape index (κ1) is 22.5. The smallest absolute Gasteiger partial charge is 0.387 e. The van der Waals surface area contributed by atoms with Crippen molar-refractivity contribution in [2.24, 2.45) is 4.99 Å². The highest BCUT2D eigenvalue weighted by atomic mass is 19.3. The number of guanidine groups is 1. The molecule has 31 heavy (non-hydrogen) atoms. The van der Waals surface area contributed by atoms with Crippen molar-refractivity contribution in [1.82, 2.24) is 10.2 Å². The van der Waals surface area contributed by atoms with Crippen LogP contribution in [-0.2, 0) is 6.54 Å². The average molecular weight is 434 g/mol. The Morgan fingerprint density at radius 1 is 1.00 bits per heavy atom. The van der Waals surface area contributed by atoms with Crippen LogP contribution in [0.2, 0.25) is 0 Å². The molecule has 1 aliphatic rings. The lowest BCUT2D eigenvalue weighted by Gasteiger charge is -2.38. The Morgan fingerprint density at radius 3 is 2.35 bits per heavy atom. The van der Waals surface area contributed by atoms with Crippen molar-refractivity contribution in [3.05, 3.63) is 48.0 Å². The molecular formula is C22H28F2N4O3. The van der Waals surface area contributed by atoms with Gasteiger partial charge in [0.1, 0.15) is 5.75 Å². The van der Waals surface area contributed by atoms with Gasteiger partial charge in [0, 0.05) is 39.8 Å². The number of nitrogens with one attached hydrogen (secondary N) is 1. The van der Waals surface area contributed by atoms with Gasteiger partial charge in [-0.15, -0.1) is 0 Å². The summed E-state index contributed by atoms with van der Waals surface area (Å²) in [6.07, 6.45) is 0. The number of para-hydroxylation sites is 2. The second kappa shape index (κ2) is 10.7. The van der Waals surface area contributed by atoms with E-state index in [4.69, 9.17) is 9.47 Å². The standard InChI is InChI=1S/C22H28F2N4O3/c1-25-22(26-15-16-8-9-19(30-3)20(14-16)31-21(23)24)28-12-10-27(11-13-28)17-6-4-5-7-18(17)29-2/h4-9,14,21H,10-13,15H2,1-3H3,(H,25,26). The number of aliphatic imine (C=N–C) groups is 1. The summed E-state index contributed by atoms with van der Waals surface area (Å²) in [6.45, 7) is 0.749. The van der Waals surface area contributed by atoms with Crippen molar-refractivity contribution in [3.63, 3.8) is 0 Å². The van der Waals surface area contributed by atoms with E-state index in [9.17, 15) is 8.78 Å². The highest BCUT2D eigenvalue weighted by Gasteiger charge is 2.21. The van der Waals surface area contributed by atoms with Crippen LogP contribution in [0.4, 0.5) is 14.5 Å². The number of hydrogen-bond donors (Lipinski definition) is 1. The number of hydrogen-bond acceptors (Lipinski definition) is 5. The Labute approximate surface area is 181 Å². The van der Waals surface area contributed by atoms with Crippen molar-refractivity contribution >= 4 is 11.6 Å². The molecule has 1 N–H and O–H groups in total. The predicted molar refractivity (Wildman–Crippen MR) is 117 cm³/mol. The third-order valence-corrected chi connectivity index (χ3v) is 5.11. The highest BCUT2D eigenvalue weighted by Crippen LogP contribution is 2.30. The average Bonchev–Trinajstić information content (AvgIpc) is 2.79. The molecule has 1 aliphatic heterocycles. The molecule has 9 heteroatoms. The summed E-state index contributed by atoms with van der Waals surface area (Å²) in [6, 6.07) is 13.0. The molecule has 7 nitrogen and oxygen atoms in total. The van der Waals surface area contributed by atoms with Crippen LogP contribution in [0, 0.1) is 0 Å². The minimum atomic E-state index is -2.91. The second-order valence-corrected chi connectivity index (χ2v) is 6.91. The van der Waals surface area contributed by atoms with Gasteiger partial charge in [0.05, 0.1) is 19.9 Å². The van der Waals surface area contributed by atoms with Crippen molar-refractivity contribution in [1.29, 1.82) is 0 Å². The van der Waals surface area contributed by atoms with Gasteiger partial charge in [-0.2, -0.15) is 8.78 Å². The van der Waals surface area contributed by atoms with Crippen LogP contribution in [0.3, 0.4) is 0 Å². The zero-order valence-corrected chi connectivity index (χ0v) is 18.0. The van der Waals surface area contributed by atoms with Crippen LogP contribution in [0.15, 0.2) is 47.5 Å². The normalized spacial score (nSPS) is 14.6. The topological polar surface area (TPSA) is 58.6 Å². The minimum Gasteiger partial charge on any atom is -0.495 e. The summed E-state index contributed by atoms with van der Waals surface area (Å²) in [4.78, 5) is 8.84. The molecule has 1 fully saturated rings. The highest BCUT2D eigenvalue weighted by molar-refractivity contribution is 5.80. The Balaban J connectivity index is 1.59. The van der Waals surface area contributed by atoms with Gasteiger partial charge in [-0.05, 0) is 29.8 Å². The van der Waals surface area contributed by atoms with Gasteiger partial charge in [0.2, 0.25) is 0 Å². The third-order valence-electron chi connectivity index (χ3n) is 5.11. The van der Waals surface area contributed by atoms with Crippen LogP contribution in [-0.4, -0.2) is 64.9 Å². The summed E-state index contributed by atoms with van der Waals surface area (Å²) in [5.74, 6) is 1.89. The van der Waals surface area contributed by atoms with Crippen LogP contribution in [0.1, 0.15) is 5.56 Å². The lowest BCUT2D eigenvalue weighted by atomic mass is 10.2. The van der Waals surface area contributed by atoms with Gasteiger partial charge < -0.3 is 29.3 Å². The van der Waals surface area contributed by atoms with E-state index in [1.807, 2.05) is 18.2 Å². The van der Waals surface area contributed by atoms with Crippen LogP contribution < -0.4 is 24.4 Å². The number of halogens is 2. The fourth-order valence-electron chi connectivity index (χ4n) is 3.58. The maximum atomic E-state index is 12.7. The fourth-order valence-corrected chi connectivity index (χ4v) is 3.58.